The zero-order valence-electron chi connectivity index (χ0n) is 43.5. The zero-order valence-corrected chi connectivity index (χ0v) is 45.1. The highest BCUT2D eigenvalue weighted by atomic mass is 32.2. The summed E-state index contributed by atoms with van der Waals surface area (Å²) in [5, 5.41) is 27.1. The quantitative estimate of drug-likeness (QED) is 0.0758. The summed E-state index contributed by atoms with van der Waals surface area (Å²) >= 11 is 0. The van der Waals surface area contributed by atoms with E-state index in [0.29, 0.717) is 27.9 Å². The third-order valence-electron chi connectivity index (χ3n) is 13.0. The van der Waals surface area contributed by atoms with Crippen molar-refractivity contribution >= 4 is 54.1 Å². The number of phenolic OH excluding ortho intramolecular Hbond substituents is 1. The molecule has 0 bridgehead atoms. The number of fused-ring (bicyclic) bond motifs is 2. The molecule has 20 heteroatoms. The highest BCUT2D eigenvalue weighted by Gasteiger charge is 2.27. The number of phenols is 1. The van der Waals surface area contributed by atoms with Crippen molar-refractivity contribution in [2.24, 2.45) is 14.1 Å². The van der Waals surface area contributed by atoms with E-state index in [1.165, 1.54) is 13.3 Å². The van der Waals surface area contributed by atoms with Crippen LogP contribution in [0.5, 0.6) is 11.5 Å². The van der Waals surface area contributed by atoms with Gasteiger partial charge in [-0.3, -0.25) is 9.59 Å². The summed E-state index contributed by atoms with van der Waals surface area (Å²) in [6.07, 6.45) is 0.142. The number of sulfonamides is 2. The van der Waals surface area contributed by atoms with Crippen LogP contribution in [0.2, 0.25) is 0 Å². The molecule has 0 saturated carbocycles. The van der Waals surface area contributed by atoms with Gasteiger partial charge in [0.25, 0.3) is 0 Å². The first-order valence-corrected chi connectivity index (χ1v) is 27.1. The maximum atomic E-state index is 13.1. The lowest BCUT2D eigenvalue weighted by molar-refractivity contribution is -0.144. The van der Waals surface area contributed by atoms with Gasteiger partial charge in [0.2, 0.25) is 20.0 Å². The van der Waals surface area contributed by atoms with Crippen LogP contribution in [0.4, 0.5) is 0 Å². The van der Waals surface area contributed by atoms with Crippen LogP contribution in [0.15, 0.2) is 131 Å². The number of aryl methyl sites for hydroxylation is 4. The Balaban J connectivity index is 0.000000219. The highest BCUT2D eigenvalue weighted by molar-refractivity contribution is 7.89. The number of methoxy groups -OCH3 is 1. The van der Waals surface area contributed by atoms with E-state index in [0.717, 1.165) is 44.5 Å². The number of carbonyl (C=O) groups excluding carboxylic acids is 2. The molecule has 2 aromatic heterocycles. The van der Waals surface area contributed by atoms with Gasteiger partial charge >= 0.3 is 11.9 Å². The van der Waals surface area contributed by atoms with Crippen molar-refractivity contribution in [2.45, 2.75) is 75.3 Å². The molecule has 2 atom stereocenters. The monoisotopic (exact) mass is 1060 g/mol. The Morgan fingerprint density at radius 1 is 0.587 bits per heavy atom. The lowest BCUT2D eigenvalue weighted by Crippen LogP contribution is -2.27. The van der Waals surface area contributed by atoms with E-state index in [-0.39, 0.29) is 72.5 Å². The lowest BCUT2D eigenvalue weighted by Gasteiger charge is -2.22. The van der Waals surface area contributed by atoms with Crippen LogP contribution in [-0.2, 0) is 66.3 Å². The lowest BCUT2D eigenvalue weighted by atomic mass is 9.86. The van der Waals surface area contributed by atoms with E-state index in [9.17, 15) is 31.5 Å². The minimum Gasteiger partial charge on any atom is -0.506 e. The van der Waals surface area contributed by atoms with Crippen molar-refractivity contribution in [3.05, 3.63) is 166 Å². The van der Waals surface area contributed by atoms with Crippen LogP contribution >= 0.6 is 0 Å². The minimum absolute atomic E-state index is 0.00915. The van der Waals surface area contributed by atoms with Gasteiger partial charge < -0.3 is 19.3 Å². The number of carbonyl (C=O) groups is 2. The van der Waals surface area contributed by atoms with Gasteiger partial charge in [-0.1, -0.05) is 83.2 Å². The van der Waals surface area contributed by atoms with E-state index in [2.05, 4.69) is 20.6 Å². The summed E-state index contributed by atoms with van der Waals surface area (Å²) in [6, 6.07) is 35.5. The Morgan fingerprint density at radius 3 is 1.43 bits per heavy atom. The zero-order chi connectivity index (χ0) is 54.2. The van der Waals surface area contributed by atoms with Crippen LogP contribution in [0.3, 0.4) is 0 Å². The number of ether oxygens (including phenoxy) is 3. The highest BCUT2D eigenvalue weighted by Crippen LogP contribution is 2.38. The molecule has 0 aliphatic heterocycles. The number of benzene rings is 6. The molecule has 0 saturated heterocycles. The number of rotatable bonds is 19. The number of esters is 2. The standard InChI is InChI=1S/C28H32N4O5S.C27H30N4O5S/c1-6-37-27(33)17-24(21-15-25-28(26(16-21)36-5)32(4)30-29-25)20-13-12-19(2)22(14-20)18-31(3)38(34,35)23-10-8-7-9-11-23;1-5-36-26(33)16-23(20-14-24-27(25(32)15-20)31(4)29-28-24)19-12-11-18(2)21(13-19)17-30(3)37(34,35)22-9-7-6-8-10-22/h7-16,24H,6,17-18H2,1-5H3;6-15,23,32H,5,16-17H2,1-4H3. The molecule has 2 heterocycles. The van der Waals surface area contributed by atoms with Crippen molar-refractivity contribution in [1.29, 1.82) is 0 Å². The smallest absolute Gasteiger partial charge is 0.306 e. The largest absolute Gasteiger partial charge is 0.506 e. The average molecular weight is 1060 g/mol. The van der Waals surface area contributed by atoms with E-state index in [4.69, 9.17) is 14.2 Å². The molecular weight excluding hydrogens is 997 g/mol. The molecule has 0 fully saturated rings. The first-order valence-electron chi connectivity index (χ1n) is 24.2. The summed E-state index contributed by atoms with van der Waals surface area (Å²) in [4.78, 5) is 25.7. The Hall–Kier alpha value is -7.52. The third-order valence-corrected chi connectivity index (χ3v) is 16.6. The van der Waals surface area contributed by atoms with Gasteiger partial charge in [0.05, 0.1) is 43.0 Å². The van der Waals surface area contributed by atoms with E-state index >= 15 is 0 Å². The predicted octanol–water partition coefficient (Wildman–Crippen LogP) is 8.08. The number of aromatic nitrogens is 6. The van der Waals surface area contributed by atoms with E-state index < -0.39 is 26.0 Å². The van der Waals surface area contributed by atoms with Crippen molar-refractivity contribution in [2.75, 3.05) is 34.4 Å². The summed E-state index contributed by atoms with van der Waals surface area (Å²) in [5.74, 6) is -0.926. The van der Waals surface area contributed by atoms with Gasteiger partial charge in [-0.2, -0.15) is 8.61 Å². The number of aromatic hydroxyl groups is 1. The molecule has 18 nitrogen and oxygen atoms in total. The molecular formula is C55H62N8O10S2. The molecule has 2 unspecified atom stereocenters. The average Bonchev–Trinajstić information content (AvgIpc) is 3.98. The second kappa shape index (κ2) is 23.8. The van der Waals surface area contributed by atoms with Crippen LogP contribution in [0.25, 0.3) is 22.1 Å². The SMILES string of the molecule is CCOC(=O)CC(c1ccc(C)c(CN(C)S(=O)(=O)c2ccccc2)c1)c1cc(O)c2c(c1)nnn2C.CCOC(=O)CC(c1ccc(C)c(CN(C)S(=O)(=O)c2ccccc2)c1)c1cc(OC)c2c(c1)nnn2C. The van der Waals surface area contributed by atoms with Gasteiger partial charge in [-0.05, 0) is 121 Å². The fraction of sp³-hybridized carbons (Fsp3) is 0.309. The van der Waals surface area contributed by atoms with Crippen LogP contribution in [-0.4, -0.2) is 107 Å². The molecule has 75 heavy (non-hydrogen) atoms. The van der Waals surface area contributed by atoms with Gasteiger partial charge in [-0.25, -0.2) is 26.2 Å². The number of hydrogen-bond acceptors (Lipinski definition) is 14. The fourth-order valence-electron chi connectivity index (χ4n) is 8.91. The maximum Gasteiger partial charge on any atom is 0.306 e. The second-order valence-electron chi connectivity index (χ2n) is 18.1. The van der Waals surface area contributed by atoms with Gasteiger partial charge in [-0.15, -0.1) is 10.2 Å². The molecule has 8 aromatic rings. The molecule has 0 amide bonds. The maximum absolute atomic E-state index is 13.1. The molecule has 0 radical (unpaired) electrons. The van der Waals surface area contributed by atoms with Crippen molar-refractivity contribution in [3.8, 4) is 11.5 Å². The fourth-order valence-corrected chi connectivity index (χ4v) is 11.2. The van der Waals surface area contributed by atoms with Crippen LogP contribution < -0.4 is 4.74 Å². The van der Waals surface area contributed by atoms with Gasteiger partial charge in [0.1, 0.15) is 33.6 Å². The van der Waals surface area contributed by atoms with Crippen molar-refractivity contribution in [3.63, 3.8) is 0 Å². The summed E-state index contributed by atoms with van der Waals surface area (Å²) in [7, 11) is 0.822. The topological polar surface area (TPSA) is 218 Å². The predicted molar refractivity (Wildman–Crippen MR) is 284 cm³/mol. The molecule has 394 valence electrons. The van der Waals surface area contributed by atoms with Gasteiger partial charge in [0, 0.05) is 53.1 Å². The molecule has 0 aliphatic rings. The Kier molecular flexibility index (Phi) is 17.5. The van der Waals surface area contributed by atoms with E-state index in [1.807, 2.05) is 62.4 Å². The van der Waals surface area contributed by atoms with Crippen LogP contribution in [0, 0.1) is 13.8 Å². The second-order valence-corrected chi connectivity index (χ2v) is 22.2. The number of hydrogen-bond donors (Lipinski definition) is 1. The molecule has 0 spiro atoms. The third kappa shape index (κ3) is 12.5. The van der Waals surface area contributed by atoms with Crippen molar-refractivity contribution < 1.29 is 45.7 Å². The Bertz CT molecular complexity index is 3550. The molecule has 1 N–H and O–H groups in total. The Morgan fingerprint density at radius 2 is 1.00 bits per heavy atom. The first-order chi connectivity index (χ1) is 35.8. The minimum atomic E-state index is -3.68. The molecule has 0 aliphatic carbocycles. The van der Waals surface area contributed by atoms with E-state index in [1.54, 1.807) is 127 Å². The number of nitrogens with zero attached hydrogens (tertiary/aromatic N) is 8. The summed E-state index contributed by atoms with van der Waals surface area (Å²) in [5.41, 5.74) is 9.06. The van der Waals surface area contributed by atoms with Gasteiger partial charge in [0.15, 0.2) is 0 Å². The summed E-state index contributed by atoms with van der Waals surface area (Å²) in [6.45, 7) is 8.23. The van der Waals surface area contributed by atoms with Crippen LogP contribution in [0.1, 0.15) is 83.0 Å². The first kappa shape index (κ1) is 55.2. The Labute approximate surface area is 437 Å². The molecule has 6 aromatic carbocycles. The van der Waals surface area contributed by atoms with Crippen molar-refractivity contribution in [1.82, 2.24) is 38.6 Å². The molecule has 8 rings (SSSR count). The summed E-state index contributed by atoms with van der Waals surface area (Å²) < 4.78 is 74.4. The normalized spacial score (nSPS) is 12.6.